The summed E-state index contributed by atoms with van der Waals surface area (Å²) >= 11 is 0. The zero-order valence-electron chi connectivity index (χ0n) is 18.7. The highest BCUT2D eigenvalue weighted by Crippen LogP contribution is 2.35. The summed E-state index contributed by atoms with van der Waals surface area (Å²) in [6.07, 6.45) is 10.3. The molecule has 7 nitrogen and oxygen atoms in total. The van der Waals surface area contributed by atoms with Gasteiger partial charge in [0.15, 0.2) is 0 Å². The van der Waals surface area contributed by atoms with Gasteiger partial charge in [-0.2, -0.15) is 0 Å². The summed E-state index contributed by atoms with van der Waals surface area (Å²) in [4.78, 5) is 26.0. The lowest BCUT2D eigenvalue weighted by Crippen LogP contribution is -2.52. The van der Waals surface area contributed by atoms with Gasteiger partial charge in [-0.25, -0.2) is 9.78 Å². The quantitative estimate of drug-likeness (QED) is 0.622. The van der Waals surface area contributed by atoms with Gasteiger partial charge < -0.3 is 14.0 Å². The van der Waals surface area contributed by atoms with E-state index in [1.54, 1.807) is 0 Å². The van der Waals surface area contributed by atoms with Gasteiger partial charge in [0.25, 0.3) is 0 Å². The second-order valence-electron chi connectivity index (χ2n) is 8.95. The molecule has 1 aliphatic heterocycles. The van der Waals surface area contributed by atoms with E-state index in [2.05, 4.69) is 14.3 Å². The van der Waals surface area contributed by atoms with E-state index in [1.165, 1.54) is 18.7 Å². The highest BCUT2D eigenvalue weighted by Gasteiger charge is 2.31. The molecular formula is C25H31N5O2. The number of imidazole rings is 1. The van der Waals surface area contributed by atoms with Gasteiger partial charge in [0.2, 0.25) is 0 Å². The van der Waals surface area contributed by atoms with E-state index in [-0.39, 0.29) is 6.09 Å². The lowest BCUT2D eigenvalue weighted by atomic mass is 9.84. The third-order valence-electron chi connectivity index (χ3n) is 7.04. The number of carbonyl (C=O) groups excluding carboxylic acids is 1. The highest BCUT2D eigenvalue weighted by atomic mass is 16.6. The number of rotatable bonds is 4. The van der Waals surface area contributed by atoms with E-state index in [4.69, 9.17) is 9.72 Å². The fraction of sp³-hybridized carbons (Fsp3) is 0.480. The van der Waals surface area contributed by atoms with Crippen LogP contribution < -0.4 is 0 Å². The molecule has 0 radical (unpaired) electrons. The van der Waals surface area contributed by atoms with Crippen LogP contribution in [0.4, 0.5) is 4.79 Å². The molecule has 2 aliphatic rings. The molecule has 1 saturated heterocycles. The van der Waals surface area contributed by atoms with E-state index in [1.807, 2.05) is 60.7 Å². The predicted octanol–water partition coefficient (Wildman–Crippen LogP) is 4.02. The second kappa shape index (κ2) is 9.28. The minimum absolute atomic E-state index is 0.201. The van der Waals surface area contributed by atoms with Crippen LogP contribution in [0.25, 0.3) is 5.52 Å². The maximum Gasteiger partial charge on any atom is 0.410 e. The van der Waals surface area contributed by atoms with Crippen molar-refractivity contribution in [3.05, 3.63) is 66.0 Å². The molecule has 0 spiro atoms. The Kier molecular flexibility index (Phi) is 6.08. The summed E-state index contributed by atoms with van der Waals surface area (Å²) < 4.78 is 7.72. The average Bonchev–Trinajstić information content (AvgIpc) is 3.29. The molecule has 32 heavy (non-hydrogen) atoms. The van der Waals surface area contributed by atoms with Crippen LogP contribution in [-0.2, 0) is 11.3 Å². The van der Waals surface area contributed by atoms with Crippen molar-refractivity contribution in [3.8, 4) is 0 Å². The third kappa shape index (κ3) is 4.35. The minimum atomic E-state index is -0.201. The average molecular weight is 434 g/mol. The number of hydrogen-bond donors (Lipinski definition) is 0. The van der Waals surface area contributed by atoms with E-state index >= 15 is 0 Å². The van der Waals surface area contributed by atoms with Crippen molar-refractivity contribution in [2.75, 3.05) is 26.2 Å². The van der Waals surface area contributed by atoms with Crippen molar-refractivity contribution in [1.29, 1.82) is 0 Å². The largest absolute Gasteiger partial charge is 0.445 e. The van der Waals surface area contributed by atoms with Crippen molar-refractivity contribution in [3.63, 3.8) is 0 Å². The van der Waals surface area contributed by atoms with Gasteiger partial charge in [-0.3, -0.25) is 9.88 Å². The van der Waals surface area contributed by atoms with Gasteiger partial charge >= 0.3 is 6.09 Å². The standard InChI is InChI=1S/C25H31N5O2/c1-19-23-17-27-24(30(23)12-11-26-19)21-7-9-22(10-8-21)28-13-15-29(16-14-28)25(31)32-18-20-5-3-2-4-6-20/h2-6,11-12,17,21-22H,7-10,13-16,18H2,1H3. The first-order valence-electron chi connectivity index (χ1n) is 11.7. The normalized spacial score (nSPS) is 22.2. The van der Waals surface area contributed by atoms with Crippen molar-refractivity contribution < 1.29 is 9.53 Å². The molecule has 1 aliphatic carbocycles. The first-order chi connectivity index (χ1) is 15.7. The molecule has 0 N–H and O–H groups in total. The number of amides is 1. The van der Waals surface area contributed by atoms with Crippen LogP contribution in [0.5, 0.6) is 0 Å². The summed E-state index contributed by atoms with van der Waals surface area (Å²) in [5.74, 6) is 1.68. The number of nitrogens with zero attached hydrogens (tertiary/aromatic N) is 5. The van der Waals surface area contributed by atoms with Crippen LogP contribution in [-0.4, -0.2) is 62.5 Å². The van der Waals surface area contributed by atoms with Crippen molar-refractivity contribution >= 4 is 11.6 Å². The number of hydrogen-bond acceptors (Lipinski definition) is 5. The number of ether oxygens (including phenoxy) is 1. The van der Waals surface area contributed by atoms with Crippen LogP contribution >= 0.6 is 0 Å². The lowest BCUT2D eigenvalue weighted by Gasteiger charge is -2.41. The van der Waals surface area contributed by atoms with Gasteiger partial charge in [0.05, 0.1) is 17.4 Å². The molecule has 3 heterocycles. The van der Waals surface area contributed by atoms with Crippen LogP contribution in [0.3, 0.4) is 0 Å². The molecule has 7 heteroatoms. The molecule has 5 rings (SSSR count). The fourth-order valence-corrected chi connectivity index (χ4v) is 5.16. The summed E-state index contributed by atoms with van der Waals surface area (Å²) in [6.45, 7) is 5.70. The predicted molar refractivity (Wildman–Crippen MR) is 122 cm³/mol. The zero-order chi connectivity index (χ0) is 21.9. The minimum Gasteiger partial charge on any atom is -0.445 e. The van der Waals surface area contributed by atoms with Gasteiger partial charge in [-0.15, -0.1) is 0 Å². The molecule has 0 bridgehead atoms. The van der Waals surface area contributed by atoms with E-state index in [0.717, 1.165) is 55.8 Å². The van der Waals surface area contributed by atoms with Gasteiger partial charge in [-0.05, 0) is 38.2 Å². The molecule has 0 atom stereocenters. The Morgan fingerprint density at radius 2 is 1.78 bits per heavy atom. The molecule has 1 aromatic carbocycles. The molecular weight excluding hydrogens is 402 g/mol. The Morgan fingerprint density at radius 3 is 2.53 bits per heavy atom. The Morgan fingerprint density at radius 1 is 1.03 bits per heavy atom. The fourth-order valence-electron chi connectivity index (χ4n) is 5.16. The third-order valence-corrected chi connectivity index (χ3v) is 7.04. The van der Waals surface area contributed by atoms with Crippen LogP contribution in [0.2, 0.25) is 0 Å². The molecule has 168 valence electrons. The maximum atomic E-state index is 12.4. The van der Waals surface area contributed by atoms with E-state index < -0.39 is 0 Å². The molecule has 1 amide bonds. The Labute approximate surface area is 189 Å². The Bertz CT molecular complexity index is 1050. The first kappa shape index (κ1) is 20.9. The number of benzene rings is 1. The summed E-state index contributed by atoms with van der Waals surface area (Å²) in [5.41, 5.74) is 3.16. The molecule has 2 fully saturated rings. The molecule has 0 unspecified atom stereocenters. The summed E-state index contributed by atoms with van der Waals surface area (Å²) in [7, 11) is 0. The first-order valence-corrected chi connectivity index (χ1v) is 11.7. The summed E-state index contributed by atoms with van der Waals surface area (Å²) in [5, 5.41) is 0. The number of piperazine rings is 1. The zero-order valence-corrected chi connectivity index (χ0v) is 18.7. The highest BCUT2D eigenvalue weighted by molar-refractivity contribution is 5.67. The van der Waals surface area contributed by atoms with Crippen molar-refractivity contribution in [2.24, 2.45) is 0 Å². The van der Waals surface area contributed by atoms with Crippen LogP contribution in [0.15, 0.2) is 48.9 Å². The number of fused-ring (bicyclic) bond motifs is 1. The molecule has 3 aromatic rings. The number of aromatic nitrogens is 3. The van der Waals surface area contributed by atoms with Crippen molar-refractivity contribution in [1.82, 2.24) is 24.2 Å². The number of carbonyl (C=O) groups is 1. The smallest absolute Gasteiger partial charge is 0.410 e. The van der Waals surface area contributed by atoms with E-state index in [9.17, 15) is 4.79 Å². The monoisotopic (exact) mass is 433 g/mol. The lowest BCUT2D eigenvalue weighted by molar-refractivity contribution is 0.0514. The van der Waals surface area contributed by atoms with Crippen LogP contribution in [0.1, 0.15) is 48.7 Å². The molecule has 1 saturated carbocycles. The SMILES string of the molecule is Cc1nccn2c(C3CCC(N4CCN(C(=O)OCc5ccccc5)CC4)CC3)ncc12. The Balaban J connectivity index is 1.10. The van der Waals surface area contributed by atoms with E-state index in [0.29, 0.717) is 18.6 Å². The topological polar surface area (TPSA) is 63.0 Å². The molecule has 2 aromatic heterocycles. The van der Waals surface area contributed by atoms with Gasteiger partial charge in [0.1, 0.15) is 12.4 Å². The number of aryl methyl sites for hydroxylation is 1. The summed E-state index contributed by atoms with van der Waals surface area (Å²) in [6, 6.07) is 10.4. The second-order valence-corrected chi connectivity index (χ2v) is 8.95. The van der Waals surface area contributed by atoms with Gasteiger partial charge in [0, 0.05) is 50.5 Å². The Hall–Kier alpha value is -2.93. The van der Waals surface area contributed by atoms with Crippen molar-refractivity contribution in [2.45, 2.75) is 51.2 Å². The van der Waals surface area contributed by atoms with Gasteiger partial charge in [-0.1, -0.05) is 30.3 Å². The van der Waals surface area contributed by atoms with Crippen LogP contribution in [0, 0.1) is 6.92 Å². The maximum absolute atomic E-state index is 12.4.